The van der Waals surface area contributed by atoms with Crippen LogP contribution in [0.15, 0.2) is 17.3 Å². The Morgan fingerprint density at radius 2 is 2.14 bits per heavy atom. The number of aromatic nitrogens is 1. The van der Waals surface area contributed by atoms with Gasteiger partial charge in [-0.2, -0.15) is 0 Å². The van der Waals surface area contributed by atoms with Crippen molar-refractivity contribution in [3.63, 3.8) is 0 Å². The summed E-state index contributed by atoms with van der Waals surface area (Å²) in [5, 5.41) is 14.6. The molecule has 6 heteroatoms. The standard InChI is InChI=1S/C16H27ClN4O/c1-18-15(19-12-16(22)7-5-4-6-8-16)21(3)11-14-9-13(17)10-20(14)2/h9-10,22H,4-8,11-12H2,1-3H3,(H,18,19). The van der Waals surface area contributed by atoms with E-state index in [4.69, 9.17) is 11.6 Å². The molecule has 22 heavy (non-hydrogen) atoms. The number of nitrogens with zero attached hydrogens (tertiary/aromatic N) is 3. The van der Waals surface area contributed by atoms with Gasteiger partial charge in [-0.3, -0.25) is 4.99 Å². The van der Waals surface area contributed by atoms with E-state index in [1.165, 1.54) is 6.42 Å². The molecular weight excluding hydrogens is 300 g/mol. The van der Waals surface area contributed by atoms with Crippen LogP contribution in [0.5, 0.6) is 0 Å². The van der Waals surface area contributed by atoms with Gasteiger partial charge in [-0.1, -0.05) is 30.9 Å². The monoisotopic (exact) mass is 326 g/mol. The van der Waals surface area contributed by atoms with Gasteiger partial charge in [0.15, 0.2) is 5.96 Å². The highest BCUT2D eigenvalue weighted by Gasteiger charge is 2.29. The van der Waals surface area contributed by atoms with Crippen LogP contribution in [0.1, 0.15) is 37.8 Å². The van der Waals surface area contributed by atoms with Gasteiger partial charge in [0.05, 0.1) is 17.2 Å². The fourth-order valence-corrected chi connectivity index (χ4v) is 3.33. The minimum Gasteiger partial charge on any atom is -0.388 e. The second kappa shape index (κ2) is 7.38. The number of rotatable bonds is 4. The Morgan fingerprint density at radius 3 is 2.68 bits per heavy atom. The lowest BCUT2D eigenvalue weighted by Gasteiger charge is -2.33. The zero-order valence-corrected chi connectivity index (χ0v) is 14.5. The van der Waals surface area contributed by atoms with E-state index in [9.17, 15) is 5.11 Å². The Morgan fingerprint density at radius 1 is 1.45 bits per heavy atom. The van der Waals surface area contributed by atoms with Crippen molar-refractivity contribution < 1.29 is 5.11 Å². The Hall–Kier alpha value is -1.20. The Kier molecular flexibility index (Phi) is 5.75. The summed E-state index contributed by atoms with van der Waals surface area (Å²) in [4.78, 5) is 6.35. The van der Waals surface area contributed by atoms with Crippen LogP contribution in [0.25, 0.3) is 0 Å². The molecule has 1 heterocycles. The fraction of sp³-hybridized carbons (Fsp3) is 0.688. The maximum atomic E-state index is 10.6. The van der Waals surface area contributed by atoms with Crippen molar-refractivity contribution in [3.8, 4) is 0 Å². The van der Waals surface area contributed by atoms with Crippen LogP contribution in [0.3, 0.4) is 0 Å². The van der Waals surface area contributed by atoms with Crippen molar-refractivity contribution >= 4 is 17.6 Å². The minimum atomic E-state index is -0.594. The molecule has 1 fully saturated rings. The van der Waals surface area contributed by atoms with E-state index >= 15 is 0 Å². The number of hydrogen-bond acceptors (Lipinski definition) is 2. The molecule has 0 saturated heterocycles. The van der Waals surface area contributed by atoms with Crippen molar-refractivity contribution in [1.82, 2.24) is 14.8 Å². The Labute approximate surface area is 138 Å². The van der Waals surface area contributed by atoms with Gasteiger partial charge >= 0.3 is 0 Å². The molecule has 1 aromatic rings. The summed E-state index contributed by atoms with van der Waals surface area (Å²) < 4.78 is 2.01. The smallest absolute Gasteiger partial charge is 0.193 e. The van der Waals surface area contributed by atoms with Gasteiger partial charge in [0.1, 0.15) is 0 Å². The molecule has 0 spiro atoms. The van der Waals surface area contributed by atoms with Gasteiger partial charge in [0.2, 0.25) is 0 Å². The molecule has 1 saturated carbocycles. The third kappa shape index (κ3) is 4.40. The highest BCUT2D eigenvalue weighted by Crippen LogP contribution is 2.27. The number of halogens is 1. The SMILES string of the molecule is CN=C(NCC1(O)CCCCC1)N(C)Cc1cc(Cl)cn1C. The van der Waals surface area contributed by atoms with Crippen molar-refractivity contribution in [3.05, 3.63) is 23.0 Å². The summed E-state index contributed by atoms with van der Waals surface area (Å²) >= 11 is 6.03. The van der Waals surface area contributed by atoms with E-state index in [0.29, 0.717) is 13.1 Å². The van der Waals surface area contributed by atoms with Crippen LogP contribution in [0.2, 0.25) is 5.02 Å². The number of guanidine groups is 1. The van der Waals surface area contributed by atoms with Crippen molar-refractivity contribution in [2.75, 3.05) is 20.6 Å². The van der Waals surface area contributed by atoms with Crippen LogP contribution >= 0.6 is 11.6 Å². The molecule has 1 aliphatic carbocycles. The van der Waals surface area contributed by atoms with Gasteiger partial charge in [-0.15, -0.1) is 0 Å². The maximum Gasteiger partial charge on any atom is 0.193 e. The predicted molar refractivity (Wildman–Crippen MR) is 91.3 cm³/mol. The predicted octanol–water partition coefficient (Wildman–Crippen LogP) is 2.38. The van der Waals surface area contributed by atoms with E-state index in [2.05, 4.69) is 10.3 Å². The Bertz CT molecular complexity index is 520. The Balaban J connectivity index is 1.92. The summed E-state index contributed by atoms with van der Waals surface area (Å²) in [5.74, 6) is 0.788. The lowest BCUT2D eigenvalue weighted by molar-refractivity contribution is 0.00819. The van der Waals surface area contributed by atoms with E-state index in [0.717, 1.165) is 42.4 Å². The van der Waals surface area contributed by atoms with Gasteiger partial charge in [0, 0.05) is 39.6 Å². The second-order valence-electron chi connectivity index (χ2n) is 6.30. The molecular formula is C16H27ClN4O. The number of aliphatic imine (C=N–C) groups is 1. The second-order valence-corrected chi connectivity index (χ2v) is 6.74. The minimum absolute atomic E-state index is 0.553. The van der Waals surface area contributed by atoms with E-state index in [1.54, 1.807) is 7.05 Å². The summed E-state index contributed by atoms with van der Waals surface area (Å²) in [6.07, 6.45) is 7.07. The molecule has 2 rings (SSSR count). The normalized spacial score (nSPS) is 18.3. The largest absolute Gasteiger partial charge is 0.388 e. The fourth-order valence-electron chi connectivity index (χ4n) is 3.06. The number of nitrogens with one attached hydrogen (secondary N) is 1. The van der Waals surface area contributed by atoms with Crippen LogP contribution in [0.4, 0.5) is 0 Å². The average molecular weight is 327 g/mol. The molecule has 0 radical (unpaired) electrons. The molecule has 0 aromatic carbocycles. The van der Waals surface area contributed by atoms with Crippen LogP contribution in [-0.4, -0.2) is 46.8 Å². The quantitative estimate of drug-likeness (QED) is 0.660. The molecule has 2 N–H and O–H groups in total. The van der Waals surface area contributed by atoms with E-state index in [-0.39, 0.29) is 0 Å². The molecule has 0 unspecified atom stereocenters. The molecule has 124 valence electrons. The number of hydrogen-bond donors (Lipinski definition) is 2. The summed E-state index contributed by atoms with van der Waals surface area (Å²) in [6.45, 7) is 1.26. The van der Waals surface area contributed by atoms with E-state index in [1.807, 2.05) is 35.8 Å². The first kappa shape index (κ1) is 17.2. The lowest BCUT2D eigenvalue weighted by Crippen LogP contribution is -2.48. The number of aryl methyl sites for hydroxylation is 1. The molecule has 0 aliphatic heterocycles. The topological polar surface area (TPSA) is 52.8 Å². The van der Waals surface area contributed by atoms with Crippen molar-refractivity contribution in [2.45, 2.75) is 44.2 Å². The highest BCUT2D eigenvalue weighted by atomic mass is 35.5. The first-order valence-electron chi connectivity index (χ1n) is 7.88. The molecule has 0 bridgehead atoms. The molecule has 1 aromatic heterocycles. The highest BCUT2D eigenvalue weighted by molar-refractivity contribution is 6.30. The maximum absolute atomic E-state index is 10.6. The first-order valence-corrected chi connectivity index (χ1v) is 8.26. The van der Waals surface area contributed by atoms with Gasteiger partial charge in [-0.25, -0.2) is 0 Å². The van der Waals surface area contributed by atoms with Gasteiger partial charge in [-0.05, 0) is 18.9 Å². The summed E-state index contributed by atoms with van der Waals surface area (Å²) in [6, 6.07) is 1.96. The summed E-state index contributed by atoms with van der Waals surface area (Å²) in [5.41, 5.74) is 0.523. The molecule has 0 amide bonds. The first-order chi connectivity index (χ1) is 10.4. The third-order valence-electron chi connectivity index (χ3n) is 4.41. The summed E-state index contributed by atoms with van der Waals surface area (Å²) in [7, 11) is 5.73. The zero-order chi connectivity index (χ0) is 16.2. The van der Waals surface area contributed by atoms with Crippen molar-refractivity contribution in [2.24, 2.45) is 12.0 Å². The molecule has 0 atom stereocenters. The van der Waals surface area contributed by atoms with Crippen LogP contribution < -0.4 is 5.32 Å². The lowest BCUT2D eigenvalue weighted by atomic mass is 9.85. The van der Waals surface area contributed by atoms with Gasteiger partial charge in [0.25, 0.3) is 0 Å². The van der Waals surface area contributed by atoms with Crippen LogP contribution in [0, 0.1) is 0 Å². The number of aliphatic hydroxyl groups is 1. The van der Waals surface area contributed by atoms with Crippen LogP contribution in [-0.2, 0) is 13.6 Å². The van der Waals surface area contributed by atoms with E-state index < -0.39 is 5.60 Å². The zero-order valence-electron chi connectivity index (χ0n) is 13.8. The molecule has 1 aliphatic rings. The average Bonchev–Trinajstić information content (AvgIpc) is 2.78. The third-order valence-corrected chi connectivity index (χ3v) is 4.61. The van der Waals surface area contributed by atoms with Gasteiger partial charge < -0.3 is 19.9 Å². The van der Waals surface area contributed by atoms with Crippen molar-refractivity contribution in [1.29, 1.82) is 0 Å². The molecule has 5 nitrogen and oxygen atoms in total.